The second-order valence-corrected chi connectivity index (χ2v) is 5.06. The van der Waals surface area contributed by atoms with E-state index >= 15 is 0 Å². The molecule has 0 spiro atoms. The van der Waals surface area contributed by atoms with Crippen LogP contribution in [0, 0.1) is 5.41 Å². The Morgan fingerprint density at radius 1 is 1.29 bits per heavy atom. The summed E-state index contributed by atoms with van der Waals surface area (Å²) in [5.41, 5.74) is -0.167. The van der Waals surface area contributed by atoms with Crippen molar-refractivity contribution in [3.8, 4) is 5.75 Å². The second kappa shape index (κ2) is 6.07. The van der Waals surface area contributed by atoms with Crippen LogP contribution in [-0.2, 0) is 16.0 Å². The highest BCUT2D eigenvalue weighted by Gasteiger charge is 2.50. The van der Waals surface area contributed by atoms with Crippen LogP contribution < -0.4 is 10.1 Å². The van der Waals surface area contributed by atoms with Gasteiger partial charge in [-0.25, -0.2) is 0 Å². The number of aliphatic carboxylic acids is 1. The first kappa shape index (κ1) is 15.2. The molecule has 114 valence electrons. The van der Waals surface area contributed by atoms with E-state index in [1.54, 1.807) is 0 Å². The molecule has 7 heteroatoms. The molecule has 0 heterocycles. The number of halogens is 2. The number of benzene rings is 1. The van der Waals surface area contributed by atoms with Crippen LogP contribution in [0.15, 0.2) is 24.3 Å². The lowest BCUT2D eigenvalue weighted by Crippen LogP contribution is -2.35. The Bertz CT molecular complexity index is 526. The molecular formula is C14H15F2NO4. The first-order valence-electron chi connectivity index (χ1n) is 6.45. The predicted molar refractivity (Wildman–Crippen MR) is 69.1 cm³/mol. The first-order valence-corrected chi connectivity index (χ1v) is 6.45. The zero-order valence-electron chi connectivity index (χ0n) is 11.1. The van der Waals surface area contributed by atoms with Crippen molar-refractivity contribution in [1.82, 2.24) is 5.32 Å². The molecule has 0 bridgehead atoms. The Morgan fingerprint density at radius 3 is 2.38 bits per heavy atom. The number of alkyl halides is 2. The number of nitrogens with one attached hydrogen (secondary N) is 1. The maximum absolute atomic E-state index is 12.0. The summed E-state index contributed by atoms with van der Waals surface area (Å²) in [5, 5.41) is 11.6. The molecular weight excluding hydrogens is 284 g/mol. The zero-order chi connectivity index (χ0) is 15.5. The largest absolute Gasteiger partial charge is 0.481 e. The highest BCUT2D eigenvalue weighted by Crippen LogP contribution is 2.45. The maximum Gasteiger partial charge on any atom is 0.387 e. The van der Waals surface area contributed by atoms with E-state index in [1.165, 1.54) is 24.3 Å². The van der Waals surface area contributed by atoms with Crippen LogP contribution in [0.1, 0.15) is 18.4 Å². The molecule has 0 aliphatic heterocycles. The molecule has 0 atom stereocenters. The summed E-state index contributed by atoms with van der Waals surface area (Å²) in [4.78, 5) is 22.7. The fourth-order valence-electron chi connectivity index (χ4n) is 1.92. The van der Waals surface area contributed by atoms with Crippen molar-refractivity contribution >= 4 is 11.9 Å². The van der Waals surface area contributed by atoms with Gasteiger partial charge in [0.1, 0.15) is 5.75 Å². The topological polar surface area (TPSA) is 75.6 Å². The van der Waals surface area contributed by atoms with E-state index in [9.17, 15) is 18.4 Å². The van der Waals surface area contributed by atoms with E-state index in [0.717, 1.165) is 0 Å². The van der Waals surface area contributed by atoms with Gasteiger partial charge in [-0.3, -0.25) is 9.59 Å². The molecule has 1 aliphatic carbocycles. The van der Waals surface area contributed by atoms with E-state index in [-0.39, 0.29) is 24.6 Å². The number of amides is 1. The molecule has 2 N–H and O–H groups in total. The van der Waals surface area contributed by atoms with Crippen LogP contribution in [0.25, 0.3) is 0 Å². The van der Waals surface area contributed by atoms with Crippen molar-refractivity contribution in [3.63, 3.8) is 0 Å². The summed E-state index contributed by atoms with van der Waals surface area (Å²) >= 11 is 0. The number of ether oxygens (including phenoxy) is 1. The number of hydrogen-bond acceptors (Lipinski definition) is 3. The van der Waals surface area contributed by atoms with Gasteiger partial charge in [-0.1, -0.05) is 12.1 Å². The first-order chi connectivity index (χ1) is 9.91. The Hall–Kier alpha value is -2.18. The summed E-state index contributed by atoms with van der Waals surface area (Å²) < 4.78 is 28.2. The van der Waals surface area contributed by atoms with Gasteiger partial charge < -0.3 is 15.2 Å². The Balaban J connectivity index is 1.81. The smallest absolute Gasteiger partial charge is 0.387 e. The van der Waals surface area contributed by atoms with Crippen molar-refractivity contribution in [3.05, 3.63) is 29.8 Å². The standard InChI is InChI=1S/C14H15F2NO4/c15-13(16)21-10-3-1-9(2-4-10)7-11(18)17-8-14(5-6-14)12(19)20/h1-4,13H,5-8H2,(H,17,18)(H,19,20). The summed E-state index contributed by atoms with van der Waals surface area (Å²) in [6.45, 7) is -2.77. The summed E-state index contributed by atoms with van der Waals surface area (Å²) in [5.74, 6) is -1.17. The lowest BCUT2D eigenvalue weighted by molar-refractivity contribution is -0.143. The molecule has 0 saturated heterocycles. The summed E-state index contributed by atoms with van der Waals surface area (Å²) in [6.07, 6.45) is 1.20. The van der Waals surface area contributed by atoms with E-state index in [4.69, 9.17) is 5.11 Å². The SMILES string of the molecule is O=C(Cc1ccc(OC(F)F)cc1)NCC1(C(=O)O)CC1. The molecule has 1 fully saturated rings. The van der Waals surface area contributed by atoms with Gasteiger partial charge in [-0.05, 0) is 30.5 Å². The van der Waals surface area contributed by atoms with Crippen molar-refractivity contribution in [2.75, 3.05) is 6.54 Å². The van der Waals surface area contributed by atoms with Gasteiger partial charge in [0, 0.05) is 6.54 Å². The summed E-state index contributed by atoms with van der Waals surface area (Å²) in [7, 11) is 0. The fourth-order valence-corrected chi connectivity index (χ4v) is 1.92. The van der Waals surface area contributed by atoms with Crippen LogP contribution in [0.4, 0.5) is 8.78 Å². The third-order valence-electron chi connectivity index (χ3n) is 3.44. The number of carboxylic acid groups (broad SMARTS) is 1. The lowest BCUT2D eigenvalue weighted by atomic mass is 10.1. The molecule has 5 nitrogen and oxygen atoms in total. The lowest BCUT2D eigenvalue weighted by Gasteiger charge is -2.11. The summed E-state index contributed by atoms with van der Waals surface area (Å²) in [6, 6.07) is 5.74. The van der Waals surface area contributed by atoms with Crippen LogP contribution in [0.5, 0.6) is 5.75 Å². The van der Waals surface area contributed by atoms with E-state index < -0.39 is 18.0 Å². The highest BCUT2D eigenvalue weighted by atomic mass is 19.3. The van der Waals surface area contributed by atoms with Crippen molar-refractivity contribution in [1.29, 1.82) is 0 Å². The van der Waals surface area contributed by atoms with Gasteiger partial charge in [0.25, 0.3) is 0 Å². The van der Waals surface area contributed by atoms with Crippen LogP contribution in [0.2, 0.25) is 0 Å². The highest BCUT2D eigenvalue weighted by molar-refractivity contribution is 5.82. The molecule has 1 aromatic rings. The van der Waals surface area contributed by atoms with Gasteiger partial charge in [0.15, 0.2) is 0 Å². The molecule has 0 unspecified atom stereocenters. The minimum Gasteiger partial charge on any atom is -0.481 e. The van der Waals surface area contributed by atoms with Crippen LogP contribution >= 0.6 is 0 Å². The predicted octanol–water partition coefficient (Wildman–Crippen LogP) is 1.81. The third kappa shape index (κ3) is 4.14. The van der Waals surface area contributed by atoms with Crippen molar-refractivity contribution < 1.29 is 28.2 Å². The van der Waals surface area contributed by atoms with Gasteiger partial charge >= 0.3 is 12.6 Å². The quantitative estimate of drug-likeness (QED) is 0.805. The van der Waals surface area contributed by atoms with Gasteiger partial charge in [-0.2, -0.15) is 8.78 Å². The number of carbonyl (C=O) groups excluding carboxylic acids is 1. The second-order valence-electron chi connectivity index (χ2n) is 5.06. The molecule has 21 heavy (non-hydrogen) atoms. The number of carboxylic acids is 1. The number of carbonyl (C=O) groups is 2. The Kier molecular flexibility index (Phi) is 4.40. The van der Waals surface area contributed by atoms with Crippen LogP contribution in [0.3, 0.4) is 0 Å². The number of rotatable bonds is 7. The molecule has 0 aromatic heterocycles. The Labute approximate surface area is 119 Å². The normalized spacial score (nSPS) is 15.6. The fraction of sp³-hybridized carbons (Fsp3) is 0.429. The van der Waals surface area contributed by atoms with E-state index in [1.807, 2.05) is 0 Å². The van der Waals surface area contributed by atoms with E-state index in [2.05, 4.69) is 10.1 Å². The monoisotopic (exact) mass is 299 g/mol. The average Bonchev–Trinajstić information content (AvgIpc) is 3.19. The minimum atomic E-state index is -2.88. The molecule has 0 radical (unpaired) electrons. The molecule has 1 aromatic carbocycles. The van der Waals surface area contributed by atoms with Crippen molar-refractivity contribution in [2.24, 2.45) is 5.41 Å². The molecule has 2 rings (SSSR count). The molecule has 1 aliphatic rings. The Morgan fingerprint density at radius 2 is 1.90 bits per heavy atom. The van der Waals surface area contributed by atoms with Gasteiger partial charge in [0.2, 0.25) is 5.91 Å². The molecule has 1 amide bonds. The van der Waals surface area contributed by atoms with E-state index in [0.29, 0.717) is 18.4 Å². The average molecular weight is 299 g/mol. The number of hydrogen-bond donors (Lipinski definition) is 2. The van der Waals surface area contributed by atoms with Crippen molar-refractivity contribution in [2.45, 2.75) is 25.9 Å². The van der Waals surface area contributed by atoms with Crippen LogP contribution in [-0.4, -0.2) is 30.1 Å². The van der Waals surface area contributed by atoms with Gasteiger partial charge in [0.05, 0.1) is 11.8 Å². The zero-order valence-corrected chi connectivity index (χ0v) is 11.1. The van der Waals surface area contributed by atoms with Gasteiger partial charge in [-0.15, -0.1) is 0 Å². The molecule has 1 saturated carbocycles. The maximum atomic E-state index is 12.0. The third-order valence-corrected chi connectivity index (χ3v) is 3.44. The minimum absolute atomic E-state index is 0.0250.